The van der Waals surface area contributed by atoms with Crippen molar-refractivity contribution in [3.8, 4) is 11.3 Å². The predicted molar refractivity (Wildman–Crippen MR) is 118 cm³/mol. The third-order valence-corrected chi connectivity index (χ3v) is 6.61. The van der Waals surface area contributed by atoms with Gasteiger partial charge in [-0.25, -0.2) is 4.98 Å². The summed E-state index contributed by atoms with van der Waals surface area (Å²) < 4.78 is 2.06. The molecule has 1 aromatic carbocycles. The molecule has 0 saturated carbocycles. The van der Waals surface area contributed by atoms with Crippen molar-refractivity contribution in [3.63, 3.8) is 0 Å². The number of rotatable bonds is 3. The first-order valence-corrected chi connectivity index (χ1v) is 10.8. The number of aliphatic hydroxyl groups excluding tert-OH is 1. The van der Waals surface area contributed by atoms with Crippen molar-refractivity contribution in [1.82, 2.24) is 14.3 Å². The van der Waals surface area contributed by atoms with Crippen LogP contribution in [0.25, 0.3) is 16.9 Å². The smallest absolute Gasteiger partial charge is 0.227 e. The van der Waals surface area contributed by atoms with E-state index in [0.717, 1.165) is 47.7 Å². The number of β-amino-alcohol motifs (C(OH)–C–C–N with tert-alkyl or cyclic N) is 1. The van der Waals surface area contributed by atoms with Gasteiger partial charge in [-0.1, -0.05) is 17.7 Å². The number of aromatic nitrogens is 2. The molecule has 1 amide bonds. The molecular formula is C23H25ClN4O2. The second-order valence-electron chi connectivity index (χ2n) is 8.32. The summed E-state index contributed by atoms with van der Waals surface area (Å²) >= 11 is 6.58. The first kappa shape index (κ1) is 19.4. The number of fused-ring (bicyclic) bond motifs is 1. The van der Waals surface area contributed by atoms with Crippen LogP contribution in [0.5, 0.6) is 0 Å². The van der Waals surface area contributed by atoms with Gasteiger partial charge in [-0.3, -0.25) is 4.79 Å². The lowest BCUT2D eigenvalue weighted by molar-refractivity contribution is -0.146. The van der Waals surface area contributed by atoms with Crippen molar-refractivity contribution in [2.45, 2.75) is 25.9 Å². The summed E-state index contributed by atoms with van der Waals surface area (Å²) in [5.74, 6) is 0.137. The van der Waals surface area contributed by atoms with Crippen LogP contribution in [0.15, 0.2) is 42.6 Å². The number of nitrogens with zero attached hydrogens (tertiary/aromatic N) is 4. The van der Waals surface area contributed by atoms with Crippen molar-refractivity contribution < 1.29 is 9.90 Å². The Kier molecular flexibility index (Phi) is 4.91. The van der Waals surface area contributed by atoms with E-state index in [0.29, 0.717) is 24.7 Å². The molecule has 2 aliphatic rings. The number of carbonyl (C=O) groups is 1. The normalized spacial score (nSPS) is 19.9. The van der Waals surface area contributed by atoms with Crippen LogP contribution < -0.4 is 4.90 Å². The number of carbonyl (C=O) groups excluding carboxylic acids is 1. The number of imidazole rings is 1. The largest absolute Gasteiger partial charge is 0.389 e. The fraction of sp³-hybridized carbons (Fsp3) is 0.391. The number of halogens is 1. The third-order valence-electron chi connectivity index (χ3n) is 6.28. The summed E-state index contributed by atoms with van der Waals surface area (Å²) in [5.41, 5.74) is 4.80. The molecule has 0 aliphatic carbocycles. The van der Waals surface area contributed by atoms with E-state index in [4.69, 9.17) is 16.6 Å². The van der Waals surface area contributed by atoms with Crippen molar-refractivity contribution in [2.75, 3.05) is 31.1 Å². The van der Waals surface area contributed by atoms with Crippen LogP contribution in [-0.4, -0.2) is 57.6 Å². The molecule has 5 rings (SSSR count). The maximum Gasteiger partial charge on any atom is 0.227 e. The third kappa shape index (κ3) is 3.34. The fourth-order valence-corrected chi connectivity index (χ4v) is 4.78. The molecule has 30 heavy (non-hydrogen) atoms. The topological polar surface area (TPSA) is 61.1 Å². The SMILES string of the molecule is Cc1c(-c2cc(N3CCCC(C(=O)N4CC(O)C4)C3)ccc2Cl)nc2ccccn12. The Morgan fingerprint density at radius 1 is 1.20 bits per heavy atom. The number of aryl methyl sites for hydroxylation is 1. The van der Waals surface area contributed by atoms with E-state index in [2.05, 4.69) is 22.3 Å². The summed E-state index contributed by atoms with van der Waals surface area (Å²) in [5, 5.41) is 10.2. The van der Waals surface area contributed by atoms with E-state index in [-0.39, 0.29) is 17.9 Å². The van der Waals surface area contributed by atoms with Crippen LogP contribution >= 0.6 is 11.6 Å². The van der Waals surface area contributed by atoms with Gasteiger partial charge >= 0.3 is 0 Å². The second-order valence-corrected chi connectivity index (χ2v) is 8.73. The minimum Gasteiger partial charge on any atom is -0.389 e. The van der Waals surface area contributed by atoms with Gasteiger partial charge in [0.2, 0.25) is 5.91 Å². The summed E-state index contributed by atoms with van der Waals surface area (Å²) in [6, 6.07) is 12.0. The van der Waals surface area contributed by atoms with Gasteiger partial charge in [0.1, 0.15) is 5.65 Å². The summed E-state index contributed by atoms with van der Waals surface area (Å²) in [7, 11) is 0. The van der Waals surface area contributed by atoms with Crippen LogP contribution in [0.1, 0.15) is 18.5 Å². The van der Waals surface area contributed by atoms with Gasteiger partial charge in [-0.2, -0.15) is 0 Å². The number of likely N-dealkylation sites (tertiary alicyclic amines) is 1. The lowest BCUT2D eigenvalue weighted by Gasteiger charge is -2.41. The Morgan fingerprint density at radius 3 is 2.80 bits per heavy atom. The molecule has 1 unspecified atom stereocenters. The Balaban J connectivity index is 1.43. The van der Waals surface area contributed by atoms with E-state index in [1.807, 2.05) is 36.5 Å². The van der Waals surface area contributed by atoms with Crippen LogP contribution in [0.4, 0.5) is 5.69 Å². The number of amides is 1. The number of hydrogen-bond acceptors (Lipinski definition) is 4. The van der Waals surface area contributed by atoms with Crippen LogP contribution in [-0.2, 0) is 4.79 Å². The van der Waals surface area contributed by atoms with Gasteiger partial charge in [0.25, 0.3) is 0 Å². The molecule has 3 aromatic rings. The Labute approximate surface area is 180 Å². The molecular weight excluding hydrogens is 400 g/mol. The monoisotopic (exact) mass is 424 g/mol. The van der Waals surface area contributed by atoms with Gasteiger partial charge in [-0.15, -0.1) is 0 Å². The Morgan fingerprint density at radius 2 is 2.03 bits per heavy atom. The van der Waals surface area contributed by atoms with E-state index in [1.165, 1.54) is 0 Å². The number of hydrogen-bond donors (Lipinski definition) is 1. The first-order chi connectivity index (χ1) is 14.5. The molecule has 1 N–H and O–H groups in total. The molecule has 7 heteroatoms. The van der Waals surface area contributed by atoms with Crippen LogP contribution in [0.3, 0.4) is 0 Å². The second kappa shape index (κ2) is 7.60. The zero-order valence-electron chi connectivity index (χ0n) is 17.0. The average molecular weight is 425 g/mol. The fourth-order valence-electron chi connectivity index (χ4n) is 4.57. The molecule has 0 spiro atoms. The van der Waals surface area contributed by atoms with E-state index >= 15 is 0 Å². The lowest BCUT2D eigenvalue weighted by Crippen LogP contribution is -2.57. The number of pyridine rings is 1. The molecule has 4 heterocycles. The summed E-state index contributed by atoms with van der Waals surface area (Å²) in [4.78, 5) is 21.6. The number of piperidine rings is 1. The lowest BCUT2D eigenvalue weighted by atomic mass is 9.94. The quantitative estimate of drug-likeness (QED) is 0.700. The van der Waals surface area contributed by atoms with Crippen molar-refractivity contribution in [2.24, 2.45) is 5.92 Å². The highest BCUT2D eigenvalue weighted by atomic mass is 35.5. The number of benzene rings is 1. The van der Waals surface area contributed by atoms with Crippen molar-refractivity contribution in [1.29, 1.82) is 0 Å². The predicted octanol–water partition coefficient (Wildman–Crippen LogP) is 3.38. The minimum absolute atomic E-state index is 0.0256. The molecule has 6 nitrogen and oxygen atoms in total. The number of anilines is 1. The van der Waals surface area contributed by atoms with Crippen molar-refractivity contribution in [3.05, 3.63) is 53.3 Å². The van der Waals surface area contributed by atoms with Crippen molar-refractivity contribution >= 4 is 28.8 Å². The zero-order chi connectivity index (χ0) is 20.8. The molecule has 2 fully saturated rings. The van der Waals surface area contributed by atoms with Crippen LogP contribution in [0, 0.1) is 12.8 Å². The molecule has 156 valence electrons. The maximum atomic E-state index is 12.7. The minimum atomic E-state index is -0.360. The Hall–Kier alpha value is -2.57. The van der Waals surface area contributed by atoms with E-state index in [1.54, 1.807) is 4.90 Å². The first-order valence-electron chi connectivity index (χ1n) is 10.5. The Bertz CT molecular complexity index is 1110. The van der Waals surface area contributed by atoms with E-state index in [9.17, 15) is 9.90 Å². The standard InChI is InChI=1S/C23H25ClN4O2/c1-15-22(25-21-6-2-3-10-28(15)21)19-11-17(7-8-20(19)24)26-9-4-5-16(12-26)23(30)27-13-18(29)14-27/h2-3,6-8,10-11,16,18,29H,4-5,9,12-14H2,1H3. The van der Waals surface area contributed by atoms with Gasteiger partial charge < -0.3 is 19.3 Å². The highest BCUT2D eigenvalue weighted by molar-refractivity contribution is 6.33. The summed E-state index contributed by atoms with van der Waals surface area (Å²) in [6.07, 6.45) is 3.51. The molecule has 0 radical (unpaired) electrons. The van der Waals surface area contributed by atoms with Gasteiger partial charge in [-0.05, 0) is 50.1 Å². The molecule has 0 bridgehead atoms. The molecule has 2 saturated heterocycles. The zero-order valence-corrected chi connectivity index (χ0v) is 17.7. The van der Waals surface area contributed by atoms with Gasteiger partial charge in [0, 0.05) is 49.3 Å². The highest BCUT2D eigenvalue weighted by Gasteiger charge is 2.35. The maximum absolute atomic E-state index is 12.7. The molecule has 2 aliphatic heterocycles. The van der Waals surface area contributed by atoms with Crippen LogP contribution in [0.2, 0.25) is 5.02 Å². The molecule has 1 atom stereocenters. The molecule has 2 aromatic heterocycles. The average Bonchev–Trinajstić information content (AvgIpc) is 3.08. The van der Waals surface area contributed by atoms with E-state index < -0.39 is 0 Å². The van der Waals surface area contributed by atoms with Gasteiger partial charge in [0.05, 0.1) is 22.7 Å². The van der Waals surface area contributed by atoms with Gasteiger partial charge in [0.15, 0.2) is 0 Å². The highest BCUT2D eigenvalue weighted by Crippen LogP contribution is 2.35. The number of aliphatic hydroxyl groups is 1. The summed E-state index contributed by atoms with van der Waals surface area (Å²) in [6.45, 7) is 4.59.